The monoisotopic (exact) mass is 438 g/mol. The minimum absolute atomic E-state index is 0.142. The first-order valence-corrected chi connectivity index (χ1v) is 11.6. The van der Waals surface area contributed by atoms with Crippen molar-refractivity contribution in [3.05, 3.63) is 47.2 Å². The molecule has 0 amide bonds. The first-order valence-electron chi connectivity index (χ1n) is 11.3. The zero-order valence-corrected chi connectivity index (χ0v) is 18.2. The second-order valence-electron chi connectivity index (χ2n) is 9.24. The third-order valence-electron chi connectivity index (χ3n) is 7.54. The lowest BCUT2D eigenvalue weighted by molar-refractivity contribution is -0.0193. The van der Waals surface area contributed by atoms with E-state index in [0.29, 0.717) is 17.7 Å². The maximum atomic E-state index is 6.56. The van der Waals surface area contributed by atoms with Crippen LogP contribution in [0.25, 0.3) is 11.1 Å². The van der Waals surface area contributed by atoms with Crippen molar-refractivity contribution >= 4 is 17.6 Å². The van der Waals surface area contributed by atoms with E-state index in [0.717, 1.165) is 35.3 Å². The normalized spacial score (nSPS) is 32.2. The third-order valence-corrected chi connectivity index (χ3v) is 7.75. The van der Waals surface area contributed by atoms with Gasteiger partial charge in [0.05, 0.1) is 5.02 Å². The number of benzene rings is 1. The fourth-order valence-electron chi connectivity index (χ4n) is 6.06. The van der Waals surface area contributed by atoms with Gasteiger partial charge in [0.15, 0.2) is 0 Å². The number of nitrogens with zero attached hydrogens (tertiary/aromatic N) is 3. The van der Waals surface area contributed by atoms with Crippen LogP contribution in [0.3, 0.4) is 0 Å². The standard InChI is InChI=1S/C24H27ClN4O2/c25-17-9-16(12-27-13-17)15-3-5-21-19(10-15)24(14-30-23(26)28-24)20-11-18(4-6-22(20)31-21)29-7-1-2-8-29/h3,5,9-10,12-13,18,20,22H,1-2,4,6-8,11,14H2,(H2,26,28). The summed E-state index contributed by atoms with van der Waals surface area (Å²) in [4.78, 5) is 11.9. The Labute approximate surface area is 187 Å². The number of halogens is 1. The molecular formula is C24H27ClN4O2. The number of aliphatic imine (C=N–C) groups is 1. The second kappa shape index (κ2) is 7.38. The SMILES string of the molecule is NC1=NC2(CO1)c1cc(-c3cncc(Cl)c3)ccc1OC1CCC(N3CCCC3)CC12. The highest BCUT2D eigenvalue weighted by Gasteiger charge is 2.56. The van der Waals surface area contributed by atoms with Crippen LogP contribution in [0, 0.1) is 5.92 Å². The number of hydrogen-bond donors (Lipinski definition) is 1. The lowest BCUT2D eigenvalue weighted by Crippen LogP contribution is -2.54. The van der Waals surface area contributed by atoms with Crippen molar-refractivity contribution in [2.75, 3.05) is 19.7 Å². The highest BCUT2D eigenvalue weighted by molar-refractivity contribution is 6.30. The highest BCUT2D eigenvalue weighted by atomic mass is 35.5. The first-order chi connectivity index (χ1) is 15.1. The van der Waals surface area contributed by atoms with Gasteiger partial charge >= 0.3 is 0 Å². The summed E-state index contributed by atoms with van der Waals surface area (Å²) < 4.78 is 12.4. The molecule has 1 aromatic carbocycles. The van der Waals surface area contributed by atoms with Gasteiger partial charge in [-0.3, -0.25) is 4.98 Å². The zero-order valence-electron chi connectivity index (χ0n) is 17.5. The van der Waals surface area contributed by atoms with Gasteiger partial charge in [0.25, 0.3) is 6.02 Å². The fraction of sp³-hybridized carbons (Fsp3) is 0.500. The summed E-state index contributed by atoms with van der Waals surface area (Å²) in [6.07, 6.45) is 9.52. The number of pyridine rings is 1. The second-order valence-corrected chi connectivity index (χ2v) is 9.67. The molecule has 2 aromatic rings. The van der Waals surface area contributed by atoms with Gasteiger partial charge in [-0.25, -0.2) is 4.99 Å². The summed E-state index contributed by atoms with van der Waals surface area (Å²) >= 11 is 6.20. The minimum Gasteiger partial charge on any atom is -0.490 e. The molecule has 7 heteroatoms. The largest absolute Gasteiger partial charge is 0.490 e. The average molecular weight is 439 g/mol. The van der Waals surface area contributed by atoms with Crippen LogP contribution < -0.4 is 10.5 Å². The van der Waals surface area contributed by atoms with Gasteiger partial charge in [-0.05, 0) is 69.0 Å². The number of amidine groups is 1. The number of nitrogens with two attached hydrogens (primary N) is 1. The topological polar surface area (TPSA) is 73.0 Å². The zero-order chi connectivity index (χ0) is 21.0. The lowest BCUT2D eigenvalue weighted by Gasteiger charge is -2.49. The summed E-state index contributed by atoms with van der Waals surface area (Å²) in [6, 6.07) is 9.10. The molecule has 4 aliphatic rings. The van der Waals surface area contributed by atoms with Gasteiger partial charge in [-0.15, -0.1) is 0 Å². The molecule has 2 fully saturated rings. The van der Waals surface area contributed by atoms with Gasteiger partial charge < -0.3 is 20.1 Å². The Hall–Kier alpha value is -2.31. The van der Waals surface area contributed by atoms with E-state index < -0.39 is 5.54 Å². The van der Waals surface area contributed by atoms with E-state index in [-0.39, 0.29) is 18.0 Å². The molecule has 1 aromatic heterocycles. The van der Waals surface area contributed by atoms with E-state index >= 15 is 0 Å². The molecule has 1 saturated heterocycles. The molecule has 4 atom stereocenters. The van der Waals surface area contributed by atoms with Crippen LogP contribution in [0.1, 0.15) is 37.7 Å². The van der Waals surface area contributed by atoms with Crippen molar-refractivity contribution < 1.29 is 9.47 Å². The Morgan fingerprint density at radius 2 is 1.97 bits per heavy atom. The van der Waals surface area contributed by atoms with Crippen LogP contribution in [0.5, 0.6) is 5.75 Å². The molecule has 2 N–H and O–H groups in total. The molecule has 6 rings (SSSR count). The number of aromatic nitrogens is 1. The Kier molecular flexibility index (Phi) is 4.62. The molecule has 0 bridgehead atoms. The molecule has 1 aliphatic carbocycles. The summed E-state index contributed by atoms with van der Waals surface area (Å²) in [5.41, 5.74) is 8.68. The van der Waals surface area contributed by atoms with Crippen LogP contribution in [-0.4, -0.2) is 47.7 Å². The third kappa shape index (κ3) is 3.19. The van der Waals surface area contributed by atoms with Crippen molar-refractivity contribution in [2.45, 2.75) is 49.8 Å². The van der Waals surface area contributed by atoms with Crippen LogP contribution >= 0.6 is 11.6 Å². The first kappa shape index (κ1) is 19.4. The molecule has 4 unspecified atom stereocenters. The number of fused-ring (bicyclic) bond motifs is 4. The minimum atomic E-state index is -0.497. The van der Waals surface area contributed by atoms with E-state index in [1.807, 2.05) is 12.3 Å². The van der Waals surface area contributed by atoms with Crippen LogP contribution in [0.2, 0.25) is 5.02 Å². The number of rotatable bonds is 2. The lowest BCUT2D eigenvalue weighted by atomic mass is 9.66. The maximum absolute atomic E-state index is 6.56. The Morgan fingerprint density at radius 3 is 2.74 bits per heavy atom. The van der Waals surface area contributed by atoms with Gasteiger partial charge in [0.1, 0.15) is 24.0 Å². The van der Waals surface area contributed by atoms with Crippen LogP contribution in [0.15, 0.2) is 41.7 Å². The average Bonchev–Trinajstić information content (AvgIpc) is 3.45. The molecule has 31 heavy (non-hydrogen) atoms. The molecule has 0 radical (unpaired) electrons. The van der Waals surface area contributed by atoms with Crippen LogP contribution in [-0.2, 0) is 10.3 Å². The summed E-state index contributed by atoms with van der Waals surface area (Å²) in [7, 11) is 0. The summed E-state index contributed by atoms with van der Waals surface area (Å²) in [5, 5.41) is 0.619. The number of ether oxygens (including phenoxy) is 2. The van der Waals surface area contributed by atoms with Gasteiger partial charge in [0, 0.05) is 35.5 Å². The number of hydrogen-bond acceptors (Lipinski definition) is 6. The summed E-state index contributed by atoms with van der Waals surface area (Å²) in [6.45, 7) is 2.89. The molecule has 1 saturated carbocycles. The molecule has 162 valence electrons. The molecular weight excluding hydrogens is 412 g/mol. The molecule has 1 spiro atoms. The molecule has 6 nitrogen and oxygen atoms in total. The Morgan fingerprint density at radius 1 is 1.10 bits per heavy atom. The highest BCUT2D eigenvalue weighted by Crippen LogP contribution is 2.53. The maximum Gasteiger partial charge on any atom is 0.283 e. The Balaban J connectivity index is 1.43. The summed E-state index contributed by atoms with van der Waals surface area (Å²) in [5.74, 6) is 1.13. The van der Waals surface area contributed by atoms with Gasteiger partial charge in [-0.1, -0.05) is 17.7 Å². The van der Waals surface area contributed by atoms with Crippen molar-refractivity contribution in [2.24, 2.45) is 16.6 Å². The van der Waals surface area contributed by atoms with E-state index in [1.54, 1.807) is 6.20 Å². The van der Waals surface area contributed by atoms with Crippen molar-refractivity contribution in [1.82, 2.24) is 9.88 Å². The smallest absolute Gasteiger partial charge is 0.283 e. The van der Waals surface area contributed by atoms with Crippen molar-refractivity contribution in [1.29, 1.82) is 0 Å². The molecule has 3 aliphatic heterocycles. The van der Waals surface area contributed by atoms with Gasteiger partial charge in [-0.2, -0.15) is 0 Å². The van der Waals surface area contributed by atoms with Crippen molar-refractivity contribution in [3.63, 3.8) is 0 Å². The number of likely N-dealkylation sites (tertiary alicyclic amines) is 1. The predicted molar refractivity (Wildman–Crippen MR) is 120 cm³/mol. The van der Waals surface area contributed by atoms with Gasteiger partial charge in [0.2, 0.25) is 0 Å². The van der Waals surface area contributed by atoms with Crippen molar-refractivity contribution in [3.8, 4) is 16.9 Å². The quantitative estimate of drug-likeness (QED) is 0.768. The van der Waals surface area contributed by atoms with E-state index in [2.05, 4.69) is 28.1 Å². The van der Waals surface area contributed by atoms with E-state index in [1.165, 1.54) is 32.4 Å². The molecule has 4 heterocycles. The van der Waals surface area contributed by atoms with Crippen LogP contribution in [0.4, 0.5) is 0 Å². The van der Waals surface area contributed by atoms with E-state index in [9.17, 15) is 0 Å². The predicted octanol–water partition coefficient (Wildman–Crippen LogP) is 3.97. The fourth-order valence-corrected chi connectivity index (χ4v) is 6.23. The Bertz CT molecular complexity index is 1040. The van der Waals surface area contributed by atoms with E-state index in [4.69, 9.17) is 31.8 Å².